The second kappa shape index (κ2) is 10.9. The van der Waals surface area contributed by atoms with Crippen molar-refractivity contribution in [2.45, 2.75) is 50.4 Å². The topological polar surface area (TPSA) is 41.1 Å². The zero-order chi connectivity index (χ0) is 14.9. The van der Waals surface area contributed by atoms with Crippen molar-refractivity contribution in [1.82, 2.24) is 10.6 Å². The molecule has 0 spiro atoms. The lowest BCUT2D eigenvalue weighted by Crippen LogP contribution is -2.42. The van der Waals surface area contributed by atoms with E-state index in [0.717, 1.165) is 18.7 Å². The number of rotatable bonds is 8. The highest BCUT2D eigenvalue weighted by Crippen LogP contribution is 2.32. The van der Waals surface area contributed by atoms with Gasteiger partial charge in [0.1, 0.15) is 0 Å². The lowest BCUT2D eigenvalue weighted by Gasteiger charge is -2.13. The predicted octanol–water partition coefficient (Wildman–Crippen LogP) is 3.90. The summed E-state index contributed by atoms with van der Waals surface area (Å²) in [6, 6.07) is 10.3. The summed E-state index contributed by atoms with van der Waals surface area (Å²) in [6.45, 7) is 3.02. The zero-order valence-electron chi connectivity index (χ0n) is 13.2. The van der Waals surface area contributed by atoms with Gasteiger partial charge in [-0.05, 0) is 12.0 Å². The van der Waals surface area contributed by atoms with E-state index < -0.39 is 0 Å². The smallest absolute Gasteiger partial charge is 0.238 e. The minimum atomic E-state index is -0.0594. The van der Waals surface area contributed by atoms with Crippen LogP contribution >= 0.6 is 24.2 Å². The van der Waals surface area contributed by atoms with Gasteiger partial charge in [-0.15, -0.1) is 24.2 Å². The van der Waals surface area contributed by atoms with Gasteiger partial charge in [0.15, 0.2) is 0 Å². The molecule has 1 aliphatic heterocycles. The van der Waals surface area contributed by atoms with Crippen molar-refractivity contribution >= 4 is 30.1 Å². The van der Waals surface area contributed by atoms with Gasteiger partial charge in [-0.1, -0.05) is 62.9 Å². The third-order valence-corrected chi connectivity index (χ3v) is 5.05. The molecular formula is C17H27ClN2OS. The molecule has 0 radical (unpaired) electrons. The maximum absolute atomic E-state index is 12.1. The van der Waals surface area contributed by atoms with Crippen molar-refractivity contribution in [2.75, 3.05) is 12.3 Å². The van der Waals surface area contributed by atoms with E-state index in [4.69, 9.17) is 0 Å². The molecule has 1 heterocycles. The number of hydrogen-bond donors (Lipinski definition) is 2. The van der Waals surface area contributed by atoms with Crippen LogP contribution in [0.1, 0.15) is 50.0 Å². The Labute approximate surface area is 144 Å². The fourth-order valence-corrected chi connectivity index (χ4v) is 3.75. The zero-order valence-corrected chi connectivity index (χ0v) is 14.8. The fraction of sp³-hybridized carbons (Fsp3) is 0.588. The lowest BCUT2D eigenvalue weighted by atomic mass is 10.1. The number of unbranched alkanes of at least 4 members (excludes halogenated alkanes) is 4. The molecule has 0 saturated carbocycles. The first kappa shape index (κ1) is 19.3. The fourth-order valence-electron chi connectivity index (χ4n) is 2.51. The first-order chi connectivity index (χ1) is 10.3. The summed E-state index contributed by atoms with van der Waals surface area (Å²) in [7, 11) is 0. The molecule has 1 unspecified atom stereocenters. The Morgan fingerprint density at radius 3 is 2.68 bits per heavy atom. The summed E-state index contributed by atoms with van der Waals surface area (Å²) >= 11 is 1.81. The van der Waals surface area contributed by atoms with Gasteiger partial charge in [-0.2, -0.15) is 0 Å². The van der Waals surface area contributed by atoms with E-state index >= 15 is 0 Å². The molecule has 1 amide bonds. The SMILES string of the molecule is CCCCCCCNC(=O)[C@@H]1CSC(c2ccccc2)N1.Cl. The molecule has 0 aliphatic carbocycles. The van der Waals surface area contributed by atoms with Crippen molar-refractivity contribution in [2.24, 2.45) is 0 Å². The Kier molecular flexibility index (Phi) is 9.60. The van der Waals surface area contributed by atoms with Crippen molar-refractivity contribution in [3.8, 4) is 0 Å². The van der Waals surface area contributed by atoms with Crippen LogP contribution in [0, 0.1) is 0 Å². The summed E-state index contributed by atoms with van der Waals surface area (Å²) in [6.07, 6.45) is 6.14. The van der Waals surface area contributed by atoms with Gasteiger partial charge in [-0.25, -0.2) is 0 Å². The number of hydrogen-bond acceptors (Lipinski definition) is 3. The number of nitrogens with one attached hydrogen (secondary N) is 2. The van der Waals surface area contributed by atoms with Crippen LogP contribution < -0.4 is 10.6 Å². The van der Waals surface area contributed by atoms with Gasteiger partial charge in [0.05, 0.1) is 11.4 Å². The average Bonchev–Trinajstić information content (AvgIpc) is 3.01. The number of amides is 1. The lowest BCUT2D eigenvalue weighted by molar-refractivity contribution is -0.122. The van der Waals surface area contributed by atoms with Crippen molar-refractivity contribution in [3.05, 3.63) is 35.9 Å². The van der Waals surface area contributed by atoms with E-state index in [2.05, 4.69) is 29.7 Å². The summed E-state index contributed by atoms with van der Waals surface area (Å²) in [5.74, 6) is 0.998. The predicted molar refractivity (Wildman–Crippen MR) is 97.6 cm³/mol. The van der Waals surface area contributed by atoms with Crippen LogP contribution in [-0.4, -0.2) is 24.2 Å². The van der Waals surface area contributed by atoms with Crippen LogP contribution in [0.15, 0.2) is 30.3 Å². The van der Waals surface area contributed by atoms with Gasteiger partial charge < -0.3 is 5.32 Å². The highest BCUT2D eigenvalue weighted by Gasteiger charge is 2.29. The van der Waals surface area contributed by atoms with E-state index in [0.29, 0.717) is 0 Å². The molecule has 1 fully saturated rings. The van der Waals surface area contributed by atoms with Gasteiger partial charge in [0.2, 0.25) is 5.91 Å². The Morgan fingerprint density at radius 2 is 1.95 bits per heavy atom. The van der Waals surface area contributed by atoms with Crippen LogP contribution in [0.4, 0.5) is 0 Å². The Bertz CT molecular complexity index is 430. The van der Waals surface area contributed by atoms with Gasteiger partial charge in [0, 0.05) is 12.3 Å². The molecule has 2 atom stereocenters. The molecular weight excluding hydrogens is 316 g/mol. The molecule has 22 heavy (non-hydrogen) atoms. The molecule has 0 aromatic heterocycles. The molecule has 1 saturated heterocycles. The van der Waals surface area contributed by atoms with Gasteiger partial charge in [0.25, 0.3) is 0 Å². The van der Waals surface area contributed by atoms with Crippen molar-refractivity contribution < 1.29 is 4.79 Å². The molecule has 1 aromatic rings. The van der Waals surface area contributed by atoms with E-state index in [9.17, 15) is 4.79 Å². The normalized spacial score (nSPS) is 20.4. The quantitative estimate of drug-likeness (QED) is 0.704. The first-order valence-corrected chi connectivity index (χ1v) is 9.06. The minimum absolute atomic E-state index is 0. The molecule has 2 N–H and O–H groups in total. The molecule has 2 rings (SSSR count). The highest BCUT2D eigenvalue weighted by molar-refractivity contribution is 7.99. The molecule has 5 heteroatoms. The van der Waals surface area contributed by atoms with Crippen molar-refractivity contribution in [1.29, 1.82) is 0 Å². The Morgan fingerprint density at radius 1 is 1.23 bits per heavy atom. The Balaban J connectivity index is 0.00000242. The van der Waals surface area contributed by atoms with Gasteiger partial charge >= 0.3 is 0 Å². The summed E-state index contributed by atoms with van der Waals surface area (Å²) in [4.78, 5) is 12.1. The molecule has 1 aromatic carbocycles. The average molecular weight is 343 g/mol. The Hall–Kier alpha value is -0.710. The largest absolute Gasteiger partial charge is 0.355 e. The highest BCUT2D eigenvalue weighted by atomic mass is 35.5. The second-order valence-electron chi connectivity index (χ2n) is 5.55. The van der Waals surface area contributed by atoms with Gasteiger partial charge in [-0.3, -0.25) is 10.1 Å². The van der Waals surface area contributed by atoms with Crippen LogP contribution in [0.5, 0.6) is 0 Å². The van der Waals surface area contributed by atoms with E-state index in [1.165, 1.54) is 31.2 Å². The number of halogens is 1. The third-order valence-electron chi connectivity index (χ3n) is 3.78. The van der Waals surface area contributed by atoms with Crippen molar-refractivity contribution in [3.63, 3.8) is 0 Å². The number of thioether (sulfide) groups is 1. The maximum Gasteiger partial charge on any atom is 0.238 e. The molecule has 0 bridgehead atoms. The third kappa shape index (κ3) is 6.19. The molecule has 3 nitrogen and oxygen atoms in total. The van der Waals surface area contributed by atoms with Crippen LogP contribution in [-0.2, 0) is 4.79 Å². The van der Waals surface area contributed by atoms with E-state index in [-0.39, 0.29) is 29.7 Å². The number of carbonyl (C=O) groups excluding carboxylic acids is 1. The summed E-state index contributed by atoms with van der Waals surface area (Å²) < 4.78 is 0. The van der Waals surface area contributed by atoms with E-state index in [1.807, 2.05) is 30.0 Å². The van der Waals surface area contributed by atoms with E-state index in [1.54, 1.807) is 0 Å². The van der Waals surface area contributed by atoms with Crippen LogP contribution in [0.3, 0.4) is 0 Å². The van der Waals surface area contributed by atoms with Crippen LogP contribution in [0.2, 0.25) is 0 Å². The standard InChI is InChI=1S/C17H26N2OS.ClH/c1-2-3-4-5-9-12-18-16(20)15-13-21-17(19-15)14-10-7-6-8-11-14;/h6-8,10-11,15,17,19H,2-5,9,12-13H2,1H3,(H,18,20);1H/t15-,17?;/m0./s1. The molecule has 1 aliphatic rings. The number of benzene rings is 1. The molecule has 124 valence electrons. The summed E-state index contributed by atoms with van der Waals surface area (Å²) in [5, 5.41) is 6.72. The monoisotopic (exact) mass is 342 g/mol. The maximum atomic E-state index is 12.1. The number of carbonyl (C=O) groups is 1. The minimum Gasteiger partial charge on any atom is -0.355 e. The van der Waals surface area contributed by atoms with Crippen LogP contribution in [0.25, 0.3) is 0 Å². The summed E-state index contributed by atoms with van der Waals surface area (Å²) in [5.41, 5.74) is 1.25. The second-order valence-corrected chi connectivity index (χ2v) is 6.69. The first-order valence-electron chi connectivity index (χ1n) is 8.01.